The predicted octanol–water partition coefficient (Wildman–Crippen LogP) is 1.99. The minimum Gasteiger partial charge on any atom is -0.375 e. The third-order valence-corrected chi connectivity index (χ3v) is 5.64. The number of nitrogens with zero attached hydrogens (tertiary/aromatic N) is 2. The minimum atomic E-state index is 0.254. The van der Waals surface area contributed by atoms with Gasteiger partial charge in [-0.1, -0.05) is 6.92 Å². The summed E-state index contributed by atoms with van der Waals surface area (Å²) in [5, 5.41) is 0. The Morgan fingerprint density at radius 1 is 1.19 bits per heavy atom. The number of carbonyl (C=O) groups is 1. The number of piperidine rings is 1. The average molecular weight is 294 g/mol. The number of fused-ring (bicyclic) bond motifs is 1. The Labute approximate surface area is 128 Å². The molecule has 3 fully saturated rings. The molecule has 2 aliphatic heterocycles. The van der Waals surface area contributed by atoms with Crippen molar-refractivity contribution in [3.63, 3.8) is 0 Å². The second-order valence-corrected chi connectivity index (χ2v) is 7.60. The molecule has 3 rings (SSSR count). The SMILES string of the molecule is CC1CC(C(=O)N2CCC3CN(C(C)C)CCOC3C2)C1. The Morgan fingerprint density at radius 2 is 1.95 bits per heavy atom. The summed E-state index contributed by atoms with van der Waals surface area (Å²) in [6, 6.07) is 0.587. The van der Waals surface area contributed by atoms with Crippen molar-refractivity contribution in [3.8, 4) is 0 Å². The van der Waals surface area contributed by atoms with Crippen LogP contribution in [-0.4, -0.2) is 60.6 Å². The van der Waals surface area contributed by atoms with Gasteiger partial charge in [0, 0.05) is 44.1 Å². The topological polar surface area (TPSA) is 32.8 Å². The molecule has 2 heterocycles. The standard InChI is InChI=1S/C17H30N2O2/c1-12(2)18-6-7-21-16-11-19(5-4-14(16)10-18)17(20)15-8-13(3)9-15/h12-16H,4-11H2,1-3H3. The van der Waals surface area contributed by atoms with Crippen LogP contribution in [-0.2, 0) is 9.53 Å². The molecule has 0 N–H and O–H groups in total. The molecule has 0 radical (unpaired) electrons. The zero-order chi connectivity index (χ0) is 15.0. The van der Waals surface area contributed by atoms with Gasteiger partial charge in [-0.25, -0.2) is 0 Å². The van der Waals surface area contributed by atoms with Crippen LogP contribution in [0.4, 0.5) is 0 Å². The number of likely N-dealkylation sites (tertiary alicyclic amines) is 1. The van der Waals surface area contributed by atoms with Crippen molar-refractivity contribution in [2.24, 2.45) is 17.8 Å². The molecule has 0 bridgehead atoms. The van der Waals surface area contributed by atoms with E-state index in [0.717, 1.165) is 58.0 Å². The van der Waals surface area contributed by atoms with Gasteiger partial charge in [0.2, 0.25) is 5.91 Å². The quantitative estimate of drug-likeness (QED) is 0.781. The van der Waals surface area contributed by atoms with E-state index in [-0.39, 0.29) is 6.10 Å². The predicted molar refractivity (Wildman–Crippen MR) is 83.0 cm³/mol. The van der Waals surface area contributed by atoms with Gasteiger partial charge in [0.1, 0.15) is 0 Å². The summed E-state index contributed by atoms with van der Waals surface area (Å²) in [5.74, 6) is 2.03. The molecule has 0 aromatic rings. The van der Waals surface area contributed by atoms with Crippen LogP contribution in [0.5, 0.6) is 0 Å². The van der Waals surface area contributed by atoms with Crippen molar-refractivity contribution in [2.75, 3.05) is 32.8 Å². The first kappa shape index (κ1) is 15.3. The number of ether oxygens (including phenoxy) is 1. The summed E-state index contributed by atoms with van der Waals surface area (Å²) in [5.41, 5.74) is 0. The van der Waals surface area contributed by atoms with Crippen LogP contribution in [0.2, 0.25) is 0 Å². The maximum atomic E-state index is 12.5. The largest absolute Gasteiger partial charge is 0.375 e. The van der Waals surface area contributed by atoms with Crippen LogP contribution in [0.25, 0.3) is 0 Å². The second kappa shape index (κ2) is 6.25. The lowest BCUT2D eigenvalue weighted by Crippen LogP contribution is -2.52. The highest BCUT2D eigenvalue weighted by atomic mass is 16.5. The Balaban J connectivity index is 1.57. The van der Waals surface area contributed by atoms with Crippen LogP contribution in [0, 0.1) is 17.8 Å². The van der Waals surface area contributed by atoms with Gasteiger partial charge in [-0.2, -0.15) is 0 Å². The molecule has 2 saturated heterocycles. The Bertz CT molecular complexity index is 379. The first-order chi connectivity index (χ1) is 10.0. The third kappa shape index (κ3) is 3.26. The van der Waals surface area contributed by atoms with E-state index in [4.69, 9.17) is 4.74 Å². The van der Waals surface area contributed by atoms with Gasteiger partial charge in [0.05, 0.1) is 12.7 Å². The summed E-state index contributed by atoms with van der Waals surface area (Å²) >= 11 is 0. The summed E-state index contributed by atoms with van der Waals surface area (Å²) < 4.78 is 6.08. The molecule has 0 spiro atoms. The second-order valence-electron chi connectivity index (χ2n) is 7.60. The highest BCUT2D eigenvalue weighted by molar-refractivity contribution is 5.79. The Kier molecular flexibility index (Phi) is 4.55. The van der Waals surface area contributed by atoms with Gasteiger partial charge < -0.3 is 9.64 Å². The van der Waals surface area contributed by atoms with Crippen molar-refractivity contribution < 1.29 is 9.53 Å². The van der Waals surface area contributed by atoms with Gasteiger partial charge in [-0.15, -0.1) is 0 Å². The maximum absolute atomic E-state index is 12.5. The minimum absolute atomic E-state index is 0.254. The van der Waals surface area contributed by atoms with Crippen LogP contribution in [0.15, 0.2) is 0 Å². The van der Waals surface area contributed by atoms with E-state index in [1.165, 1.54) is 0 Å². The lowest BCUT2D eigenvalue weighted by molar-refractivity contribution is -0.145. The smallest absolute Gasteiger partial charge is 0.225 e. The van der Waals surface area contributed by atoms with Gasteiger partial charge in [0.25, 0.3) is 0 Å². The lowest BCUT2D eigenvalue weighted by Gasteiger charge is -2.42. The zero-order valence-corrected chi connectivity index (χ0v) is 13.8. The van der Waals surface area contributed by atoms with Crippen LogP contribution in [0.3, 0.4) is 0 Å². The van der Waals surface area contributed by atoms with Crippen molar-refractivity contribution in [1.82, 2.24) is 9.80 Å². The summed E-state index contributed by atoms with van der Waals surface area (Å²) in [6.07, 6.45) is 3.53. The monoisotopic (exact) mass is 294 g/mol. The highest BCUT2D eigenvalue weighted by Gasteiger charge is 2.39. The summed E-state index contributed by atoms with van der Waals surface area (Å²) in [4.78, 5) is 17.1. The molecule has 21 heavy (non-hydrogen) atoms. The van der Waals surface area contributed by atoms with Gasteiger partial charge in [-0.3, -0.25) is 9.69 Å². The molecule has 1 saturated carbocycles. The third-order valence-electron chi connectivity index (χ3n) is 5.64. The molecule has 1 aliphatic carbocycles. The normalized spacial score (nSPS) is 37.8. The first-order valence-electron chi connectivity index (χ1n) is 8.69. The van der Waals surface area contributed by atoms with E-state index < -0.39 is 0 Å². The molecule has 1 amide bonds. The van der Waals surface area contributed by atoms with E-state index in [1.54, 1.807) is 0 Å². The van der Waals surface area contributed by atoms with E-state index in [1.807, 2.05) is 0 Å². The highest BCUT2D eigenvalue weighted by Crippen LogP contribution is 2.35. The van der Waals surface area contributed by atoms with Crippen LogP contribution in [0.1, 0.15) is 40.0 Å². The molecule has 3 aliphatic rings. The summed E-state index contributed by atoms with van der Waals surface area (Å²) in [6.45, 7) is 11.5. The molecule has 0 aromatic heterocycles. The van der Waals surface area contributed by atoms with Crippen molar-refractivity contribution >= 4 is 5.91 Å². The van der Waals surface area contributed by atoms with Gasteiger partial charge in [-0.05, 0) is 39.0 Å². The fourth-order valence-electron chi connectivity index (χ4n) is 4.11. The van der Waals surface area contributed by atoms with E-state index in [0.29, 0.717) is 23.8 Å². The molecule has 4 heteroatoms. The Morgan fingerprint density at radius 3 is 2.62 bits per heavy atom. The van der Waals surface area contributed by atoms with E-state index in [9.17, 15) is 4.79 Å². The molecule has 0 aromatic carbocycles. The number of rotatable bonds is 2. The fraction of sp³-hybridized carbons (Fsp3) is 0.941. The number of amides is 1. The maximum Gasteiger partial charge on any atom is 0.225 e. The number of hydrogen-bond acceptors (Lipinski definition) is 3. The van der Waals surface area contributed by atoms with Gasteiger partial charge in [0.15, 0.2) is 0 Å². The average Bonchev–Trinajstić information content (AvgIpc) is 2.64. The van der Waals surface area contributed by atoms with Crippen molar-refractivity contribution in [1.29, 1.82) is 0 Å². The van der Waals surface area contributed by atoms with E-state index >= 15 is 0 Å². The molecule has 2 atom stereocenters. The Hall–Kier alpha value is -0.610. The van der Waals surface area contributed by atoms with E-state index in [2.05, 4.69) is 30.6 Å². The fourth-order valence-corrected chi connectivity index (χ4v) is 4.11. The molecule has 4 nitrogen and oxygen atoms in total. The van der Waals surface area contributed by atoms with Gasteiger partial charge >= 0.3 is 0 Å². The van der Waals surface area contributed by atoms with Crippen LogP contribution < -0.4 is 0 Å². The lowest BCUT2D eigenvalue weighted by atomic mass is 9.75. The molecule has 120 valence electrons. The van der Waals surface area contributed by atoms with Crippen molar-refractivity contribution in [2.45, 2.75) is 52.2 Å². The number of hydrogen-bond donors (Lipinski definition) is 0. The molecule has 2 unspecified atom stereocenters. The van der Waals surface area contributed by atoms with Crippen molar-refractivity contribution in [3.05, 3.63) is 0 Å². The first-order valence-corrected chi connectivity index (χ1v) is 8.69. The number of carbonyl (C=O) groups excluding carboxylic acids is 1. The summed E-state index contributed by atoms with van der Waals surface area (Å²) in [7, 11) is 0. The molecular weight excluding hydrogens is 264 g/mol. The zero-order valence-electron chi connectivity index (χ0n) is 13.8. The molecular formula is C17H30N2O2. The van der Waals surface area contributed by atoms with Crippen LogP contribution >= 0.6 is 0 Å².